The van der Waals surface area contributed by atoms with Crippen molar-refractivity contribution in [1.82, 2.24) is 20.0 Å². The lowest BCUT2D eigenvalue weighted by atomic mass is 10.1. The highest BCUT2D eigenvalue weighted by Crippen LogP contribution is 2.41. The molecule has 3 rings (SSSR count). The van der Waals surface area contributed by atoms with E-state index < -0.39 is 9.84 Å². The summed E-state index contributed by atoms with van der Waals surface area (Å²) in [6, 6.07) is 1.48. The van der Waals surface area contributed by atoms with E-state index in [4.69, 9.17) is 0 Å². The summed E-state index contributed by atoms with van der Waals surface area (Å²) in [6.45, 7) is 0. The third-order valence-electron chi connectivity index (χ3n) is 4.51. The van der Waals surface area contributed by atoms with E-state index in [0.717, 1.165) is 24.8 Å². The molecule has 1 aromatic heterocycles. The number of rotatable bonds is 6. The second kappa shape index (κ2) is 6.19. The van der Waals surface area contributed by atoms with Crippen LogP contribution in [0.3, 0.4) is 0 Å². The van der Waals surface area contributed by atoms with E-state index in [0.29, 0.717) is 0 Å². The molecule has 1 aliphatic carbocycles. The van der Waals surface area contributed by atoms with Crippen LogP contribution in [0.15, 0.2) is 12.3 Å². The number of hydrogen-bond donors (Lipinski definition) is 1. The highest BCUT2D eigenvalue weighted by atomic mass is 32.2. The number of nitrogens with zero attached hydrogens (tertiary/aromatic N) is 3. The van der Waals surface area contributed by atoms with E-state index in [9.17, 15) is 18.0 Å². The van der Waals surface area contributed by atoms with Crippen molar-refractivity contribution >= 4 is 21.7 Å². The summed E-state index contributed by atoms with van der Waals surface area (Å²) in [6.07, 6.45) is 4.88. The number of nitrogens with one attached hydrogen (secondary N) is 1. The lowest BCUT2D eigenvalue weighted by Gasteiger charge is -2.28. The predicted octanol–water partition coefficient (Wildman–Crippen LogP) is -0.225. The van der Waals surface area contributed by atoms with E-state index in [1.165, 1.54) is 0 Å². The van der Waals surface area contributed by atoms with Gasteiger partial charge in [-0.15, -0.1) is 0 Å². The molecule has 1 saturated heterocycles. The van der Waals surface area contributed by atoms with Crippen molar-refractivity contribution < 1.29 is 18.0 Å². The third-order valence-corrected chi connectivity index (χ3v) is 5.46. The molecule has 132 valence electrons. The molecule has 2 heterocycles. The number of carbonyl (C=O) groups is 2. The monoisotopic (exact) mass is 354 g/mol. The molecule has 2 amide bonds. The molecule has 0 bridgehead atoms. The maximum atomic E-state index is 12.4. The number of hydrogen-bond acceptors (Lipinski definition) is 5. The second-order valence-corrected chi connectivity index (χ2v) is 8.87. The fourth-order valence-electron chi connectivity index (χ4n) is 3.25. The largest absolute Gasteiger partial charge is 0.350 e. The lowest BCUT2D eigenvalue weighted by Crippen LogP contribution is -2.41. The van der Waals surface area contributed by atoms with Crippen LogP contribution in [-0.2, 0) is 26.5 Å². The van der Waals surface area contributed by atoms with E-state index in [1.54, 1.807) is 10.9 Å². The van der Waals surface area contributed by atoms with Crippen molar-refractivity contribution in [3.63, 3.8) is 0 Å². The molecule has 9 heteroatoms. The van der Waals surface area contributed by atoms with Crippen LogP contribution in [0.2, 0.25) is 0 Å². The molecule has 0 radical (unpaired) electrons. The van der Waals surface area contributed by atoms with Gasteiger partial charge in [-0.2, -0.15) is 5.10 Å². The number of aromatic nitrogens is 2. The fourth-order valence-corrected chi connectivity index (χ4v) is 3.80. The minimum Gasteiger partial charge on any atom is -0.350 e. The molecule has 1 saturated carbocycles. The molecule has 8 nitrogen and oxygen atoms in total. The summed E-state index contributed by atoms with van der Waals surface area (Å²) in [7, 11) is -1.38. The Labute approximate surface area is 141 Å². The molecular formula is C15H22N4O4S. The van der Waals surface area contributed by atoms with Gasteiger partial charge in [0.2, 0.25) is 11.8 Å². The zero-order valence-electron chi connectivity index (χ0n) is 13.8. The Kier molecular flexibility index (Phi) is 4.37. The molecule has 24 heavy (non-hydrogen) atoms. The molecular weight excluding hydrogens is 332 g/mol. The van der Waals surface area contributed by atoms with Gasteiger partial charge in [-0.1, -0.05) is 0 Å². The van der Waals surface area contributed by atoms with Crippen LogP contribution in [0.5, 0.6) is 0 Å². The highest BCUT2D eigenvalue weighted by Gasteiger charge is 2.48. The third kappa shape index (κ3) is 3.61. The van der Waals surface area contributed by atoms with Crippen molar-refractivity contribution in [3.05, 3.63) is 18.0 Å². The van der Waals surface area contributed by atoms with Gasteiger partial charge >= 0.3 is 0 Å². The van der Waals surface area contributed by atoms with Crippen molar-refractivity contribution in [2.75, 3.05) is 12.0 Å². The maximum Gasteiger partial charge on any atom is 0.225 e. The van der Waals surface area contributed by atoms with Crippen molar-refractivity contribution in [1.29, 1.82) is 0 Å². The van der Waals surface area contributed by atoms with E-state index in [1.807, 2.05) is 18.0 Å². The van der Waals surface area contributed by atoms with Crippen LogP contribution in [0.25, 0.3) is 0 Å². The molecule has 1 aromatic rings. The van der Waals surface area contributed by atoms with Crippen LogP contribution in [0.4, 0.5) is 0 Å². The molecule has 1 aliphatic heterocycles. The molecule has 2 fully saturated rings. The van der Waals surface area contributed by atoms with Crippen molar-refractivity contribution in [2.24, 2.45) is 7.05 Å². The number of amides is 2. The molecule has 0 spiro atoms. The minimum atomic E-state index is -3.19. The van der Waals surface area contributed by atoms with Crippen LogP contribution >= 0.6 is 0 Å². The van der Waals surface area contributed by atoms with Gasteiger partial charge in [-0.3, -0.25) is 14.3 Å². The van der Waals surface area contributed by atoms with Crippen LogP contribution in [0.1, 0.15) is 37.4 Å². The molecule has 0 aromatic carbocycles. The highest BCUT2D eigenvalue weighted by molar-refractivity contribution is 7.90. The fraction of sp³-hybridized carbons (Fsp3) is 0.667. The molecule has 2 atom stereocenters. The summed E-state index contributed by atoms with van der Waals surface area (Å²) < 4.78 is 24.1. The second-order valence-electron chi connectivity index (χ2n) is 6.61. The average Bonchev–Trinajstić information content (AvgIpc) is 3.15. The Morgan fingerprint density at radius 3 is 2.67 bits per heavy atom. The van der Waals surface area contributed by atoms with Gasteiger partial charge in [0.1, 0.15) is 9.84 Å². The summed E-state index contributed by atoms with van der Waals surface area (Å²) in [5.41, 5.74) is 0.876. The Hall–Kier alpha value is -1.90. The number of carbonyl (C=O) groups excluding carboxylic acids is 2. The number of sulfone groups is 1. The number of aryl methyl sites for hydroxylation is 1. The summed E-state index contributed by atoms with van der Waals surface area (Å²) in [4.78, 5) is 26.4. The minimum absolute atomic E-state index is 0.0251. The van der Waals surface area contributed by atoms with E-state index in [-0.39, 0.29) is 48.5 Å². The van der Waals surface area contributed by atoms with Crippen LogP contribution in [-0.4, -0.2) is 59.0 Å². The SMILES string of the molecule is Cn1nccc1[C@H]1[C@H](NC(=O)CCS(C)(=O)=O)CC(=O)N1C1CC1. The first-order valence-electron chi connectivity index (χ1n) is 8.02. The van der Waals surface area contributed by atoms with Gasteiger partial charge in [-0.05, 0) is 18.9 Å². The standard InChI is InChI=1S/C15H22N4O4S/c1-18-12(5-7-16-18)15-11(9-14(21)19(15)10-3-4-10)17-13(20)6-8-24(2,22)23/h5,7,10-11,15H,3-4,6,8-9H2,1-2H3,(H,17,20)/t11-,15-/m1/s1. The molecule has 0 unspecified atom stereocenters. The van der Waals surface area contributed by atoms with Gasteiger partial charge < -0.3 is 10.2 Å². The Balaban J connectivity index is 1.77. The van der Waals surface area contributed by atoms with Gasteiger partial charge in [0.15, 0.2) is 0 Å². The first kappa shape index (κ1) is 16.9. The van der Waals surface area contributed by atoms with E-state index in [2.05, 4.69) is 10.4 Å². The Morgan fingerprint density at radius 1 is 1.42 bits per heavy atom. The van der Waals surface area contributed by atoms with Crippen LogP contribution < -0.4 is 5.32 Å². The first-order valence-corrected chi connectivity index (χ1v) is 10.1. The van der Waals surface area contributed by atoms with Gasteiger partial charge in [-0.25, -0.2) is 8.42 Å². The zero-order valence-corrected chi connectivity index (χ0v) is 14.6. The van der Waals surface area contributed by atoms with Crippen molar-refractivity contribution in [3.8, 4) is 0 Å². The molecule has 2 aliphatic rings. The van der Waals surface area contributed by atoms with Gasteiger partial charge in [0.25, 0.3) is 0 Å². The van der Waals surface area contributed by atoms with Crippen molar-refractivity contribution in [2.45, 2.75) is 43.8 Å². The Bertz CT molecular complexity index is 753. The smallest absolute Gasteiger partial charge is 0.225 e. The van der Waals surface area contributed by atoms with Crippen LogP contribution in [0, 0.1) is 0 Å². The number of likely N-dealkylation sites (tertiary alicyclic amines) is 1. The quantitative estimate of drug-likeness (QED) is 0.761. The summed E-state index contributed by atoms with van der Waals surface area (Å²) in [5, 5.41) is 7.02. The first-order chi connectivity index (χ1) is 11.3. The topological polar surface area (TPSA) is 101 Å². The lowest BCUT2D eigenvalue weighted by molar-refractivity contribution is -0.129. The van der Waals surface area contributed by atoms with Gasteiger partial charge in [0, 0.05) is 38.4 Å². The summed E-state index contributed by atoms with van der Waals surface area (Å²) in [5.74, 6) is -0.512. The zero-order chi connectivity index (χ0) is 17.5. The molecule has 1 N–H and O–H groups in total. The average molecular weight is 354 g/mol. The summed E-state index contributed by atoms with van der Waals surface area (Å²) >= 11 is 0. The van der Waals surface area contributed by atoms with E-state index >= 15 is 0 Å². The maximum absolute atomic E-state index is 12.4. The predicted molar refractivity (Wildman–Crippen MR) is 86.7 cm³/mol. The normalized spacial score (nSPS) is 24.4. The Morgan fingerprint density at radius 2 is 2.12 bits per heavy atom. The van der Waals surface area contributed by atoms with Gasteiger partial charge in [0.05, 0.1) is 23.5 Å².